The van der Waals surface area contributed by atoms with Crippen LogP contribution in [-0.2, 0) is 17.9 Å². The molecule has 0 saturated heterocycles. The van der Waals surface area contributed by atoms with Gasteiger partial charge in [-0.25, -0.2) is 4.79 Å². The Kier molecular flexibility index (Phi) is 10.7. The average molecular weight is 582 g/mol. The number of benzene rings is 3. The van der Waals surface area contributed by atoms with Crippen LogP contribution < -0.4 is 20.7 Å². The number of carboxylic acid groups (broad SMARTS) is 1. The molecular formula is C33H35N5O5. The number of hydrogen-bond donors (Lipinski definition) is 4. The summed E-state index contributed by atoms with van der Waals surface area (Å²) in [5, 5.41) is 26.1. The van der Waals surface area contributed by atoms with E-state index in [0.717, 1.165) is 22.3 Å². The molecule has 3 amide bonds. The number of hydrogen-bond acceptors (Lipinski definition) is 5. The van der Waals surface area contributed by atoms with E-state index in [1.165, 1.54) is 0 Å². The van der Waals surface area contributed by atoms with Crippen LogP contribution in [-0.4, -0.2) is 46.7 Å². The molecule has 0 bridgehead atoms. The monoisotopic (exact) mass is 581 g/mol. The quantitative estimate of drug-likeness (QED) is 0.125. The number of fused-ring (bicyclic) bond motifs is 1. The van der Waals surface area contributed by atoms with Crippen molar-refractivity contribution >= 4 is 28.8 Å². The van der Waals surface area contributed by atoms with Crippen LogP contribution in [0.5, 0.6) is 5.75 Å². The number of rotatable bonds is 14. The van der Waals surface area contributed by atoms with E-state index in [0.29, 0.717) is 42.7 Å². The first kappa shape index (κ1) is 30.7. The second-order valence-corrected chi connectivity index (χ2v) is 10.1. The Bertz CT molecular complexity index is 1590. The van der Waals surface area contributed by atoms with E-state index < -0.39 is 23.9 Å². The molecule has 1 unspecified atom stereocenters. The number of aromatic nitrogens is 1. The third-order valence-corrected chi connectivity index (χ3v) is 7.11. The Hall–Kier alpha value is -5.30. The number of ether oxygens (including phenoxy) is 1. The fraction of sp³-hybridized carbons (Fsp3) is 0.273. The normalized spacial score (nSPS) is 11.3. The first-order valence-electron chi connectivity index (χ1n) is 14.1. The highest BCUT2D eigenvalue weighted by molar-refractivity contribution is 6.10. The number of nitrogens with one attached hydrogen (secondary N) is 3. The largest absolute Gasteiger partial charge is 0.489 e. The van der Waals surface area contributed by atoms with E-state index in [2.05, 4.69) is 20.5 Å². The molecule has 0 spiro atoms. The molecule has 4 N–H and O–H groups in total. The maximum atomic E-state index is 13.9. The first-order chi connectivity index (χ1) is 20.9. The van der Waals surface area contributed by atoms with Gasteiger partial charge in [0.2, 0.25) is 5.91 Å². The summed E-state index contributed by atoms with van der Waals surface area (Å²) in [6.07, 6.45) is 0.127. The Morgan fingerprint density at radius 2 is 1.65 bits per heavy atom. The molecule has 1 atom stereocenters. The Morgan fingerprint density at radius 1 is 0.953 bits per heavy atom. The van der Waals surface area contributed by atoms with Crippen molar-refractivity contribution in [2.75, 3.05) is 13.1 Å². The van der Waals surface area contributed by atoms with Gasteiger partial charge in [-0.3, -0.25) is 9.59 Å². The van der Waals surface area contributed by atoms with Gasteiger partial charge in [0.05, 0.1) is 11.6 Å². The minimum Gasteiger partial charge on any atom is -0.489 e. The molecule has 1 heterocycles. The summed E-state index contributed by atoms with van der Waals surface area (Å²) in [6.45, 7) is 2.83. The highest BCUT2D eigenvalue weighted by Gasteiger charge is 2.26. The van der Waals surface area contributed by atoms with Gasteiger partial charge in [0.15, 0.2) is 0 Å². The fourth-order valence-electron chi connectivity index (χ4n) is 4.97. The highest BCUT2D eigenvalue weighted by atomic mass is 16.5. The van der Waals surface area contributed by atoms with Gasteiger partial charge in [-0.15, -0.1) is 0 Å². The number of nitriles is 1. The maximum absolute atomic E-state index is 13.9. The molecule has 4 rings (SSSR count). The number of nitrogens with zero attached hydrogens (tertiary/aromatic N) is 2. The molecular weight excluding hydrogens is 546 g/mol. The second kappa shape index (κ2) is 15.1. The number of amides is 3. The van der Waals surface area contributed by atoms with Gasteiger partial charge in [-0.2, -0.15) is 5.26 Å². The minimum absolute atomic E-state index is 0.191. The van der Waals surface area contributed by atoms with Gasteiger partial charge >= 0.3 is 6.09 Å². The fourth-order valence-corrected chi connectivity index (χ4v) is 4.97. The molecule has 3 aromatic carbocycles. The molecule has 0 saturated carbocycles. The van der Waals surface area contributed by atoms with Gasteiger partial charge < -0.3 is 30.4 Å². The van der Waals surface area contributed by atoms with Crippen LogP contribution in [0.4, 0.5) is 4.79 Å². The molecule has 4 aromatic rings. The molecule has 10 heteroatoms. The van der Waals surface area contributed by atoms with Crippen molar-refractivity contribution in [1.82, 2.24) is 20.5 Å². The van der Waals surface area contributed by atoms with E-state index in [-0.39, 0.29) is 19.5 Å². The van der Waals surface area contributed by atoms with Gasteiger partial charge in [0.1, 0.15) is 24.9 Å². The van der Waals surface area contributed by atoms with Crippen molar-refractivity contribution < 1.29 is 24.2 Å². The van der Waals surface area contributed by atoms with Gasteiger partial charge in [0, 0.05) is 29.7 Å². The summed E-state index contributed by atoms with van der Waals surface area (Å²) >= 11 is 0. The SMILES string of the molecule is Cc1c(C(=O)NC(CCCCNC(=O)O)C(=O)NCC#N)c2cc(OCc3ccccc3)ccc2n1Cc1ccccc1. The molecule has 1 aromatic heterocycles. The lowest BCUT2D eigenvalue weighted by Gasteiger charge is -2.18. The zero-order valence-electron chi connectivity index (χ0n) is 24.0. The zero-order chi connectivity index (χ0) is 30.6. The van der Waals surface area contributed by atoms with Crippen LogP contribution in [0, 0.1) is 18.3 Å². The summed E-state index contributed by atoms with van der Waals surface area (Å²) in [4.78, 5) is 37.5. The minimum atomic E-state index is -1.12. The maximum Gasteiger partial charge on any atom is 0.404 e. The zero-order valence-corrected chi connectivity index (χ0v) is 24.0. The lowest BCUT2D eigenvalue weighted by atomic mass is 10.1. The molecule has 222 valence electrons. The number of unbranched alkanes of at least 4 members (excludes halogenated alkanes) is 1. The van der Waals surface area contributed by atoms with Crippen LogP contribution in [0.15, 0.2) is 78.9 Å². The first-order valence-corrected chi connectivity index (χ1v) is 14.1. The van der Waals surface area contributed by atoms with Crippen LogP contribution in [0.3, 0.4) is 0 Å². The van der Waals surface area contributed by atoms with E-state index >= 15 is 0 Å². The average Bonchev–Trinajstić information content (AvgIpc) is 3.28. The van der Waals surface area contributed by atoms with Crippen molar-refractivity contribution in [3.8, 4) is 11.8 Å². The van der Waals surface area contributed by atoms with Gasteiger partial charge in [-0.05, 0) is 55.5 Å². The lowest BCUT2D eigenvalue weighted by Crippen LogP contribution is -2.47. The van der Waals surface area contributed by atoms with Gasteiger partial charge in [0.25, 0.3) is 5.91 Å². The van der Waals surface area contributed by atoms with Crippen LogP contribution >= 0.6 is 0 Å². The third kappa shape index (κ3) is 8.36. The molecule has 0 fully saturated rings. The van der Waals surface area contributed by atoms with Crippen molar-refractivity contribution in [2.45, 2.75) is 45.4 Å². The molecule has 43 heavy (non-hydrogen) atoms. The summed E-state index contributed by atoms with van der Waals surface area (Å²) in [6, 6.07) is 26.4. The van der Waals surface area contributed by atoms with Crippen LogP contribution in [0.25, 0.3) is 10.9 Å². The molecule has 0 aliphatic carbocycles. The topological polar surface area (TPSA) is 145 Å². The van der Waals surface area contributed by atoms with Crippen molar-refractivity contribution in [2.24, 2.45) is 0 Å². The molecule has 0 aliphatic rings. The molecule has 0 radical (unpaired) electrons. The lowest BCUT2D eigenvalue weighted by molar-refractivity contribution is -0.122. The second-order valence-electron chi connectivity index (χ2n) is 10.1. The summed E-state index contributed by atoms with van der Waals surface area (Å²) in [5.74, 6) is -0.287. The molecule has 0 aliphatic heterocycles. The van der Waals surface area contributed by atoms with E-state index in [9.17, 15) is 14.4 Å². The van der Waals surface area contributed by atoms with E-state index in [4.69, 9.17) is 15.1 Å². The van der Waals surface area contributed by atoms with Crippen molar-refractivity contribution in [1.29, 1.82) is 5.26 Å². The summed E-state index contributed by atoms with van der Waals surface area (Å²) in [5.41, 5.74) is 4.11. The summed E-state index contributed by atoms with van der Waals surface area (Å²) < 4.78 is 8.15. The van der Waals surface area contributed by atoms with Crippen molar-refractivity contribution in [3.63, 3.8) is 0 Å². The standard InChI is InChI=1S/C33H35N5O5/c1-23-30(32(40)37-28(31(39)35-19-17-34)14-8-9-18-36-33(41)42)27-20-26(43-22-25-12-6-3-7-13-25)15-16-29(27)38(23)21-24-10-4-2-5-11-24/h2-7,10-13,15-16,20,28,36H,8-9,14,18-19,21-22H2,1H3,(H,35,39)(H,37,40)(H,41,42). The Labute approximate surface area is 250 Å². The van der Waals surface area contributed by atoms with E-state index in [1.54, 1.807) is 0 Å². The van der Waals surface area contributed by atoms with E-state index in [1.807, 2.05) is 91.9 Å². The van der Waals surface area contributed by atoms with Crippen molar-refractivity contribution in [3.05, 3.63) is 101 Å². The Morgan fingerprint density at radius 3 is 2.33 bits per heavy atom. The smallest absolute Gasteiger partial charge is 0.404 e. The number of carbonyl (C=O) groups is 3. The predicted molar refractivity (Wildman–Crippen MR) is 163 cm³/mol. The summed E-state index contributed by atoms with van der Waals surface area (Å²) in [7, 11) is 0. The van der Waals surface area contributed by atoms with Gasteiger partial charge in [-0.1, -0.05) is 60.7 Å². The highest BCUT2D eigenvalue weighted by Crippen LogP contribution is 2.31. The van der Waals surface area contributed by atoms with Crippen LogP contribution in [0.2, 0.25) is 0 Å². The molecule has 10 nitrogen and oxygen atoms in total. The predicted octanol–water partition coefficient (Wildman–Crippen LogP) is 4.75. The van der Waals surface area contributed by atoms with Crippen LogP contribution in [0.1, 0.15) is 46.4 Å². The number of carbonyl (C=O) groups excluding carboxylic acids is 2. The third-order valence-electron chi connectivity index (χ3n) is 7.11. The Balaban J connectivity index is 1.64.